The quantitative estimate of drug-likeness (QED) is 0.723. The maximum atomic E-state index is 5.49. The van der Waals surface area contributed by atoms with Crippen molar-refractivity contribution >= 4 is 16.3 Å². The number of benzene rings is 1. The molecule has 1 aromatic carbocycles. The van der Waals surface area contributed by atoms with Crippen LogP contribution >= 0.6 is 11.3 Å². The van der Waals surface area contributed by atoms with Gasteiger partial charge in [-0.2, -0.15) is 9.61 Å². The Balaban J connectivity index is 2.09. The molecule has 0 amide bonds. The highest BCUT2D eigenvalue weighted by molar-refractivity contribution is 7.19. The Morgan fingerprint density at radius 3 is 2.68 bits per heavy atom. The van der Waals surface area contributed by atoms with Crippen molar-refractivity contribution in [1.29, 1.82) is 0 Å². The number of hydrogen-bond donors (Lipinski definition) is 0. The molecule has 0 N–H and O–H groups in total. The van der Waals surface area contributed by atoms with Crippen molar-refractivity contribution in [2.75, 3.05) is 14.2 Å². The molecule has 3 rings (SSSR count). The Hall–Kier alpha value is -2.15. The second-order valence-electron chi connectivity index (χ2n) is 5.36. The molecular weight excluding hydrogens is 300 g/mol. The summed E-state index contributed by atoms with van der Waals surface area (Å²) in [6.07, 6.45) is 0.847. The number of methoxy groups -OCH3 is 2. The van der Waals surface area contributed by atoms with Gasteiger partial charge in [-0.15, -0.1) is 10.2 Å². The summed E-state index contributed by atoms with van der Waals surface area (Å²) in [5, 5.41) is 13.9. The number of rotatable bonds is 5. The van der Waals surface area contributed by atoms with E-state index in [0.717, 1.165) is 27.8 Å². The fraction of sp³-hybridized carbons (Fsp3) is 0.400. The minimum atomic E-state index is 0.504. The number of aromatic nitrogens is 4. The van der Waals surface area contributed by atoms with Crippen LogP contribution in [0, 0.1) is 5.92 Å². The third kappa shape index (κ3) is 2.52. The van der Waals surface area contributed by atoms with E-state index in [1.807, 2.05) is 22.7 Å². The van der Waals surface area contributed by atoms with Crippen molar-refractivity contribution in [3.8, 4) is 22.1 Å². The van der Waals surface area contributed by atoms with E-state index in [2.05, 4.69) is 29.1 Å². The summed E-state index contributed by atoms with van der Waals surface area (Å²) < 4.78 is 12.7. The molecule has 116 valence electrons. The van der Waals surface area contributed by atoms with Crippen molar-refractivity contribution in [2.24, 2.45) is 5.92 Å². The SMILES string of the molecule is COc1cccc(-c2nn3c(CC(C)C)nnc3s2)c1OC. The summed E-state index contributed by atoms with van der Waals surface area (Å²) >= 11 is 1.49. The van der Waals surface area contributed by atoms with Crippen LogP contribution in [0.25, 0.3) is 15.5 Å². The number of nitrogens with zero attached hydrogens (tertiary/aromatic N) is 4. The minimum Gasteiger partial charge on any atom is -0.493 e. The van der Waals surface area contributed by atoms with Gasteiger partial charge in [-0.25, -0.2) is 0 Å². The minimum absolute atomic E-state index is 0.504. The lowest BCUT2D eigenvalue weighted by atomic mass is 10.1. The first kappa shape index (κ1) is 14.8. The van der Waals surface area contributed by atoms with E-state index in [0.29, 0.717) is 17.4 Å². The van der Waals surface area contributed by atoms with Crippen molar-refractivity contribution in [3.63, 3.8) is 0 Å². The van der Waals surface area contributed by atoms with E-state index in [1.165, 1.54) is 11.3 Å². The molecule has 0 bridgehead atoms. The molecule has 0 aliphatic rings. The third-order valence-corrected chi connectivity index (χ3v) is 4.21. The zero-order chi connectivity index (χ0) is 15.7. The second-order valence-corrected chi connectivity index (χ2v) is 6.31. The highest BCUT2D eigenvalue weighted by Gasteiger charge is 2.18. The molecule has 0 aliphatic carbocycles. The first-order chi connectivity index (χ1) is 10.6. The van der Waals surface area contributed by atoms with E-state index in [9.17, 15) is 0 Å². The lowest BCUT2D eigenvalue weighted by Crippen LogP contribution is -2.01. The third-order valence-electron chi connectivity index (χ3n) is 3.28. The molecule has 0 spiro atoms. The van der Waals surface area contributed by atoms with Gasteiger partial charge in [0, 0.05) is 6.42 Å². The maximum absolute atomic E-state index is 5.49. The van der Waals surface area contributed by atoms with Crippen molar-refractivity contribution in [2.45, 2.75) is 20.3 Å². The lowest BCUT2D eigenvalue weighted by molar-refractivity contribution is 0.356. The van der Waals surface area contributed by atoms with Gasteiger partial charge in [-0.05, 0) is 18.1 Å². The first-order valence-corrected chi connectivity index (χ1v) is 7.88. The van der Waals surface area contributed by atoms with Crippen LogP contribution in [0.3, 0.4) is 0 Å². The summed E-state index contributed by atoms with van der Waals surface area (Å²) in [7, 11) is 3.26. The van der Waals surface area contributed by atoms with Crippen LogP contribution in [0.4, 0.5) is 0 Å². The standard InChI is InChI=1S/C15H18N4O2S/c1-9(2)8-12-16-17-15-19(12)18-14(22-15)10-6-5-7-11(20-3)13(10)21-4/h5-7,9H,8H2,1-4H3. The zero-order valence-electron chi connectivity index (χ0n) is 13.0. The molecule has 3 aromatic rings. The van der Waals surface area contributed by atoms with Gasteiger partial charge in [-0.3, -0.25) is 0 Å². The normalized spacial score (nSPS) is 11.3. The summed E-state index contributed by atoms with van der Waals surface area (Å²) in [5.41, 5.74) is 0.896. The monoisotopic (exact) mass is 318 g/mol. The van der Waals surface area contributed by atoms with Crippen molar-refractivity contribution in [1.82, 2.24) is 19.8 Å². The molecule has 0 unspecified atom stereocenters. The van der Waals surface area contributed by atoms with Gasteiger partial charge in [0.05, 0.1) is 19.8 Å². The fourth-order valence-corrected chi connectivity index (χ4v) is 3.19. The Morgan fingerprint density at radius 1 is 1.18 bits per heavy atom. The highest BCUT2D eigenvalue weighted by atomic mass is 32.1. The predicted molar refractivity (Wildman–Crippen MR) is 85.7 cm³/mol. The topological polar surface area (TPSA) is 61.5 Å². The molecule has 0 aliphatic heterocycles. The van der Waals surface area contributed by atoms with E-state index in [-0.39, 0.29) is 0 Å². The molecular formula is C15H18N4O2S. The smallest absolute Gasteiger partial charge is 0.234 e. The van der Waals surface area contributed by atoms with Crippen LogP contribution < -0.4 is 9.47 Å². The van der Waals surface area contributed by atoms with Gasteiger partial charge in [0.2, 0.25) is 4.96 Å². The summed E-state index contributed by atoms with van der Waals surface area (Å²) in [4.78, 5) is 0.788. The van der Waals surface area contributed by atoms with E-state index in [1.54, 1.807) is 14.2 Å². The van der Waals surface area contributed by atoms with Crippen LogP contribution in [0.2, 0.25) is 0 Å². The molecule has 2 aromatic heterocycles. The predicted octanol–water partition coefficient (Wildman–Crippen LogP) is 3.07. The van der Waals surface area contributed by atoms with Crippen LogP contribution in [0.1, 0.15) is 19.7 Å². The average molecular weight is 318 g/mol. The van der Waals surface area contributed by atoms with E-state index < -0.39 is 0 Å². The molecule has 2 heterocycles. The van der Waals surface area contributed by atoms with Gasteiger partial charge < -0.3 is 9.47 Å². The summed E-state index contributed by atoms with van der Waals surface area (Å²) in [6, 6.07) is 5.76. The molecule has 0 saturated carbocycles. The van der Waals surface area contributed by atoms with Gasteiger partial charge in [0.25, 0.3) is 0 Å². The first-order valence-electron chi connectivity index (χ1n) is 7.06. The highest BCUT2D eigenvalue weighted by Crippen LogP contribution is 2.39. The van der Waals surface area contributed by atoms with Crippen LogP contribution in [0.5, 0.6) is 11.5 Å². The summed E-state index contributed by atoms with van der Waals surface area (Å²) in [5.74, 6) is 2.76. The Bertz CT molecular complexity index is 794. The van der Waals surface area contributed by atoms with E-state index >= 15 is 0 Å². The number of para-hydroxylation sites is 1. The van der Waals surface area contributed by atoms with Crippen LogP contribution in [0.15, 0.2) is 18.2 Å². The zero-order valence-corrected chi connectivity index (χ0v) is 13.8. The van der Waals surface area contributed by atoms with Gasteiger partial charge >= 0.3 is 0 Å². The average Bonchev–Trinajstić information content (AvgIpc) is 3.08. The molecule has 6 nitrogen and oxygen atoms in total. The fourth-order valence-electron chi connectivity index (χ4n) is 2.31. The van der Waals surface area contributed by atoms with Crippen LogP contribution in [-0.2, 0) is 6.42 Å². The Morgan fingerprint density at radius 2 is 2.00 bits per heavy atom. The van der Waals surface area contributed by atoms with Gasteiger partial charge in [0.15, 0.2) is 22.3 Å². The number of hydrogen-bond acceptors (Lipinski definition) is 6. The van der Waals surface area contributed by atoms with Crippen molar-refractivity contribution in [3.05, 3.63) is 24.0 Å². The molecule has 0 fully saturated rings. The second kappa shape index (κ2) is 5.92. The molecule has 7 heteroatoms. The lowest BCUT2D eigenvalue weighted by Gasteiger charge is -2.10. The van der Waals surface area contributed by atoms with Gasteiger partial charge in [0.1, 0.15) is 0 Å². The Labute approximate surface area is 132 Å². The number of fused-ring (bicyclic) bond motifs is 1. The van der Waals surface area contributed by atoms with Crippen molar-refractivity contribution < 1.29 is 9.47 Å². The largest absolute Gasteiger partial charge is 0.493 e. The molecule has 0 radical (unpaired) electrons. The van der Waals surface area contributed by atoms with Crippen LogP contribution in [-0.4, -0.2) is 34.0 Å². The Kier molecular flexibility index (Phi) is 3.98. The summed E-state index contributed by atoms with van der Waals surface area (Å²) in [6.45, 7) is 4.30. The molecule has 0 saturated heterocycles. The number of ether oxygens (including phenoxy) is 2. The molecule has 0 atom stereocenters. The maximum Gasteiger partial charge on any atom is 0.234 e. The van der Waals surface area contributed by atoms with E-state index in [4.69, 9.17) is 9.47 Å². The molecule has 22 heavy (non-hydrogen) atoms. The van der Waals surface area contributed by atoms with Gasteiger partial charge in [-0.1, -0.05) is 31.3 Å².